The lowest BCUT2D eigenvalue weighted by Gasteiger charge is -2.28. The molecule has 5 nitrogen and oxygen atoms in total. The molecule has 1 fully saturated rings. The Bertz CT molecular complexity index is 1390. The Morgan fingerprint density at radius 2 is 1.60 bits per heavy atom. The average Bonchev–Trinajstić information content (AvgIpc) is 3.12. The van der Waals surface area contributed by atoms with Crippen molar-refractivity contribution in [2.45, 2.75) is 33.2 Å². The van der Waals surface area contributed by atoms with Gasteiger partial charge in [0.2, 0.25) is 0 Å². The molecule has 1 aliphatic heterocycles. The van der Waals surface area contributed by atoms with Gasteiger partial charge < -0.3 is 9.30 Å². The van der Waals surface area contributed by atoms with Crippen molar-refractivity contribution in [2.75, 3.05) is 33.2 Å². The van der Waals surface area contributed by atoms with Gasteiger partial charge in [0.1, 0.15) is 5.65 Å². The third kappa shape index (κ3) is 4.60. The molecule has 1 aliphatic rings. The van der Waals surface area contributed by atoms with Crippen LogP contribution in [0.2, 0.25) is 0 Å². The Balaban J connectivity index is 1.66. The predicted octanol–water partition coefficient (Wildman–Crippen LogP) is 5.86. The fraction of sp³-hybridized carbons (Fsp3) is 0.333. The van der Waals surface area contributed by atoms with Gasteiger partial charge in [0.25, 0.3) is 0 Å². The van der Waals surface area contributed by atoms with E-state index in [1.807, 2.05) is 24.3 Å². The van der Waals surface area contributed by atoms with Crippen LogP contribution < -0.4 is 0 Å². The van der Waals surface area contributed by atoms with Crippen molar-refractivity contribution in [1.82, 2.24) is 19.2 Å². The van der Waals surface area contributed by atoms with Gasteiger partial charge in [-0.1, -0.05) is 30.3 Å². The SMILES string of the molecule is Cc1ccc(-c2ccc3nc(-c4ccc(C#N)cc4)c(C(C)N4CCCN(C)CC4)n3c2)cc1C. The van der Waals surface area contributed by atoms with E-state index in [1.54, 1.807) is 0 Å². The summed E-state index contributed by atoms with van der Waals surface area (Å²) in [5.74, 6) is 0. The summed E-state index contributed by atoms with van der Waals surface area (Å²) in [6.07, 6.45) is 3.41. The number of fused-ring (bicyclic) bond motifs is 1. The zero-order valence-electron chi connectivity index (χ0n) is 21.1. The summed E-state index contributed by atoms with van der Waals surface area (Å²) >= 11 is 0. The van der Waals surface area contributed by atoms with E-state index in [2.05, 4.69) is 84.6 Å². The second kappa shape index (κ2) is 9.65. The number of pyridine rings is 1. The highest BCUT2D eigenvalue weighted by molar-refractivity contribution is 5.71. The highest BCUT2D eigenvalue weighted by atomic mass is 15.2. The quantitative estimate of drug-likeness (QED) is 0.381. The Labute approximate surface area is 208 Å². The molecule has 0 saturated carbocycles. The Morgan fingerprint density at radius 3 is 2.34 bits per heavy atom. The first kappa shape index (κ1) is 23.3. The number of benzene rings is 2. The Hall–Kier alpha value is -3.46. The molecule has 0 N–H and O–H groups in total. The Morgan fingerprint density at radius 1 is 0.857 bits per heavy atom. The van der Waals surface area contributed by atoms with Crippen LogP contribution >= 0.6 is 0 Å². The molecule has 178 valence electrons. The van der Waals surface area contributed by atoms with Crippen LogP contribution in [0, 0.1) is 25.2 Å². The van der Waals surface area contributed by atoms with E-state index in [1.165, 1.54) is 27.9 Å². The monoisotopic (exact) mass is 463 g/mol. The summed E-state index contributed by atoms with van der Waals surface area (Å²) in [5, 5.41) is 9.27. The maximum absolute atomic E-state index is 9.27. The minimum absolute atomic E-state index is 0.206. The van der Waals surface area contributed by atoms with Crippen LogP contribution in [0.25, 0.3) is 28.0 Å². The molecule has 0 aliphatic carbocycles. The van der Waals surface area contributed by atoms with Crippen LogP contribution in [-0.2, 0) is 0 Å². The normalized spacial score (nSPS) is 16.2. The van der Waals surface area contributed by atoms with Crippen LogP contribution in [-0.4, -0.2) is 52.4 Å². The molecule has 2 aromatic heterocycles. The number of nitrogens with zero attached hydrogens (tertiary/aromatic N) is 5. The van der Waals surface area contributed by atoms with Gasteiger partial charge in [0.05, 0.1) is 23.0 Å². The molecule has 0 radical (unpaired) electrons. The number of hydrogen-bond acceptors (Lipinski definition) is 4. The fourth-order valence-corrected chi connectivity index (χ4v) is 5.10. The van der Waals surface area contributed by atoms with Crippen molar-refractivity contribution in [2.24, 2.45) is 0 Å². The van der Waals surface area contributed by atoms with Crippen molar-refractivity contribution in [3.63, 3.8) is 0 Å². The van der Waals surface area contributed by atoms with E-state index >= 15 is 0 Å². The number of aryl methyl sites for hydroxylation is 2. The lowest BCUT2D eigenvalue weighted by molar-refractivity contribution is 0.213. The van der Waals surface area contributed by atoms with E-state index < -0.39 is 0 Å². The largest absolute Gasteiger partial charge is 0.305 e. The second-order valence-electron chi connectivity index (χ2n) is 9.85. The zero-order valence-corrected chi connectivity index (χ0v) is 21.1. The molecular weight excluding hydrogens is 430 g/mol. The van der Waals surface area contributed by atoms with E-state index in [4.69, 9.17) is 4.98 Å². The van der Waals surface area contributed by atoms with E-state index in [0.717, 1.165) is 49.5 Å². The van der Waals surface area contributed by atoms with Crippen molar-refractivity contribution >= 4 is 5.65 Å². The average molecular weight is 464 g/mol. The molecule has 0 bridgehead atoms. The maximum Gasteiger partial charge on any atom is 0.137 e. The molecule has 0 spiro atoms. The number of aromatic nitrogens is 2. The van der Waals surface area contributed by atoms with Crippen molar-refractivity contribution < 1.29 is 0 Å². The predicted molar refractivity (Wildman–Crippen MR) is 142 cm³/mol. The van der Waals surface area contributed by atoms with Gasteiger partial charge in [-0.2, -0.15) is 5.26 Å². The van der Waals surface area contributed by atoms with E-state index in [-0.39, 0.29) is 6.04 Å². The number of hydrogen-bond donors (Lipinski definition) is 0. The van der Waals surface area contributed by atoms with Crippen LogP contribution in [0.4, 0.5) is 0 Å². The minimum Gasteiger partial charge on any atom is -0.305 e. The molecule has 35 heavy (non-hydrogen) atoms. The van der Waals surface area contributed by atoms with E-state index in [0.29, 0.717) is 5.56 Å². The van der Waals surface area contributed by atoms with E-state index in [9.17, 15) is 5.26 Å². The topological polar surface area (TPSA) is 47.6 Å². The first-order valence-corrected chi connectivity index (χ1v) is 12.5. The summed E-state index contributed by atoms with van der Waals surface area (Å²) in [6.45, 7) is 10.9. The first-order chi connectivity index (χ1) is 16.9. The zero-order chi connectivity index (χ0) is 24.5. The molecule has 1 saturated heterocycles. The molecule has 5 heteroatoms. The van der Waals surface area contributed by atoms with Gasteiger partial charge in [0, 0.05) is 37.4 Å². The van der Waals surface area contributed by atoms with Gasteiger partial charge >= 0.3 is 0 Å². The van der Waals surface area contributed by atoms with Gasteiger partial charge in [0.15, 0.2) is 0 Å². The fourth-order valence-electron chi connectivity index (χ4n) is 5.10. The third-order valence-electron chi connectivity index (χ3n) is 7.48. The summed E-state index contributed by atoms with van der Waals surface area (Å²) in [5.41, 5.74) is 9.89. The standard InChI is InChI=1S/C30H33N5/c1-21-6-9-26(18-22(21)2)27-12-13-28-32-29(25-10-7-24(19-31)8-11-25)30(35(28)20-27)23(3)34-15-5-14-33(4)16-17-34/h6-13,18,20,23H,5,14-17H2,1-4H3. The van der Waals surface area contributed by atoms with Gasteiger partial charge in [-0.25, -0.2) is 4.98 Å². The molecule has 0 amide bonds. The summed E-state index contributed by atoms with van der Waals surface area (Å²) in [4.78, 5) is 10.1. The minimum atomic E-state index is 0.206. The Kier molecular flexibility index (Phi) is 6.42. The molecule has 4 aromatic rings. The smallest absolute Gasteiger partial charge is 0.137 e. The van der Waals surface area contributed by atoms with Gasteiger partial charge in [-0.3, -0.25) is 4.90 Å². The second-order valence-corrected chi connectivity index (χ2v) is 9.85. The molecule has 1 unspecified atom stereocenters. The summed E-state index contributed by atoms with van der Waals surface area (Å²) in [6, 6.07) is 21.2. The van der Waals surface area contributed by atoms with Crippen molar-refractivity contribution in [3.05, 3.63) is 83.2 Å². The third-order valence-corrected chi connectivity index (χ3v) is 7.48. The number of rotatable bonds is 4. The van der Waals surface area contributed by atoms with Crippen molar-refractivity contribution in [3.8, 4) is 28.5 Å². The van der Waals surface area contributed by atoms with Crippen LogP contribution in [0.5, 0.6) is 0 Å². The summed E-state index contributed by atoms with van der Waals surface area (Å²) in [7, 11) is 2.21. The summed E-state index contributed by atoms with van der Waals surface area (Å²) < 4.78 is 2.29. The first-order valence-electron chi connectivity index (χ1n) is 12.5. The number of likely N-dealkylation sites (N-methyl/N-ethyl adjacent to an activating group) is 1. The lowest BCUT2D eigenvalue weighted by atomic mass is 10.0. The number of nitriles is 1. The molecular formula is C30H33N5. The molecule has 2 aromatic carbocycles. The molecule has 3 heterocycles. The molecule has 1 atom stereocenters. The highest BCUT2D eigenvalue weighted by Crippen LogP contribution is 2.34. The van der Waals surface area contributed by atoms with Crippen LogP contribution in [0.15, 0.2) is 60.8 Å². The highest BCUT2D eigenvalue weighted by Gasteiger charge is 2.26. The van der Waals surface area contributed by atoms with Crippen LogP contribution in [0.3, 0.4) is 0 Å². The van der Waals surface area contributed by atoms with Gasteiger partial charge in [-0.05, 0) is 87.3 Å². The van der Waals surface area contributed by atoms with Crippen LogP contribution in [0.1, 0.15) is 41.8 Å². The molecule has 5 rings (SSSR count). The maximum atomic E-state index is 9.27. The van der Waals surface area contributed by atoms with Gasteiger partial charge in [-0.15, -0.1) is 0 Å². The number of imidazole rings is 1. The lowest BCUT2D eigenvalue weighted by Crippen LogP contribution is -2.32. The van der Waals surface area contributed by atoms with Crippen molar-refractivity contribution in [1.29, 1.82) is 5.26 Å².